The summed E-state index contributed by atoms with van der Waals surface area (Å²) < 4.78 is 5.82. The predicted molar refractivity (Wildman–Crippen MR) is 107 cm³/mol. The standard InChI is InChI=1S/C23H22N2O2/c1-16-3-9-21(10-4-16)27-22-11-7-20(8-12-22)24-23(26)17-5-6-18-14-25(2)15-19(18)13-17/h3-13H,14-15H2,1-2H3,(H,24,26). The Balaban J connectivity index is 1.41. The van der Waals surface area contributed by atoms with Crippen molar-refractivity contribution in [2.75, 3.05) is 12.4 Å². The van der Waals surface area contributed by atoms with Crippen LogP contribution in [0.3, 0.4) is 0 Å². The fourth-order valence-electron chi connectivity index (χ4n) is 3.26. The molecule has 3 aromatic carbocycles. The van der Waals surface area contributed by atoms with E-state index in [1.807, 2.05) is 73.7 Å². The molecule has 27 heavy (non-hydrogen) atoms. The molecular weight excluding hydrogens is 336 g/mol. The maximum absolute atomic E-state index is 12.5. The smallest absolute Gasteiger partial charge is 0.255 e. The van der Waals surface area contributed by atoms with E-state index in [0.29, 0.717) is 5.56 Å². The summed E-state index contributed by atoms with van der Waals surface area (Å²) in [5.74, 6) is 1.43. The van der Waals surface area contributed by atoms with Gasteiger partial charge in [-0.15, -0.1) is 0 Å². The molecule has 0 radical (unpaired) electrons. The highest BCUT2D eigenvalue weighted by atomic mass is 16.5. The zero-order chi connectivity index (χ0) is 18.8. The van der Waals surface area contributed by atoms with Gasteiger partial charge in [0, 0.05) is 24.3 Å². The number of hydrogen-bond acceptors (Lipinski definition) is 3. The van der Waals surface area contributed by atoms with Crippen LogP contribution in [0.1, 0.15) is 27.0 Å². The molecule has 0 saturated heterocycles. The van der Waals surface area contributed by atoms with E-state index < -0.39 is 0 Å². The van der Waals surface area contributed by atoms with Crippen molar-refractivity contribution in [1.29, 1.82) is 0 Å². The molecule has 0 saturated carbocycles. The monoisotopic (exact) mass is 358 g/mol. The highest BCUT2D eigenvalue weighted by Gasteiger charge is 2.17. The summed E-state index contributed by atoms with van der Waals surface area (Å²) >= 11 is 0. The molecule has 4 nitrogen and oxygen atoms in total. The van der Waals surface area contributed by atoms with Crippen LogP contribution >= 0.6 is 0 Å². The van der Waals surface area contributed by atoms with Crippen molar-refractivity contribution in [1.82, 2.24) is 4.90 Å². The van der Waals surface area contributed by atoms with Crippen molar-refractivity contribution in [2.45, 2.75) is 20.0 Å². The third-order valence-corrected chi connectivity index (χ3v) is 4.72. The van der Waals surface area contributed by atoms with Crippen molar-refractivity contribution in [3.05, 3.63) is 89.0 Å². The zero-order valence-corrected chi connectivity index (χ0v) is 15.5. The maximum atomic E-state index is 12.5. The van der Waals surface area contributed by atoms with E-state index in [4.69, 9.17) is 4.74 Å². The van der Waals surface area contributed by atoms with E-state index in [0.717, 1.165) is 30.3 Å². The minimum absolute atomic E-state index is 0.0976. The second-order valence-corrected chi connectivity index (χ2v) is 7.05. The van der Waals surface area contributed by atoms with Gasteiger partial charge in [0.2, 0.25) is 0 Å². The minimum Gasteiger partial charge on any atom is -0.457 e. The van der Waals surface area contributed by atoms with Crippen LogP contribution in [0.5, 0.6) is 11.5 Å². The predicted octanol–water partition coefficient (Wildman–Crippen LogP) is 4.99. The van der Waals surface area contributed by atoms with Crippen molar-refractivity contribution < 1.29 is 9.53 Å². The highest BCUT2D eigenvalue weighted by molar-refractivity contribution is 6.04. The van der Waals surface area contributed by atoms with E-state index in [-0.39, 0.29) is 5.91 Å². The van der Waals surface area contributed by atoms with E-state index >= 15 is 0 Å². The quantitative estimate of drug-likeness (QED) is 0.715. The van der Waals surface area contributed by atoms with E-state index in [1.165, 1.54) is 16.7 Å². The first kappa shape index (κ1) is 17.3. The van der Waals surface area contributed by atoms with Crippen LogP contribution in [-0.4, -0.2) is 17.9 Å². The van der Waals surface area contributed by atoms with Gasteiger partial charge in [-0.1, -0.05) is 23.8 Å². The van der Waals surface area contributed by atoms with Gasteiger partial charge in [-0.3, -0.25) is 9.69 Å². The van der Waals surface area contributed by atoms with Gasteiger partial charge in [0.05, 0.1) is 0 Å². The lowest BCUT2D eigenvalue weighted by Crippen LogP contribution is -2.12. The van der Waals surface area contributed by atoms with Crippen LogP contribution in [-0.2, 0) is 13.1 Å². The van der Waals surface area contributed by atoms with Gasteiger partial charge in [-0.05, 0) is 73.6 Å². The SMILES string of the molecule is Cc1ccc(Oc2ccc(NC(=O)c3ccc4c(c3)CN(C)C4)cc2)cc1. The summed E-state index contributed by atoms with van der Waals surface area (Å²) in [5, 5.41) is 2.95. The van der Waals surface area contributed by atoms with Crippen molar-refractivity contribution in [3.8, 4) is 11.5 Å². The Bertz CT molecular complexity index is 963. The molecule has 136 valence electrons. The molecule has 0 bridgehead atoms. The van der Waals surface area contributed by atoms with Crippen molar-refractivity contribution >= 4 is 11.6 Å². The molecule has 4 rings (SSSR count). The summed E-state index contributed by atoms with van der Waals surface area (Å²) in [6.07, 6.45) is 0. The normalized spacial score (nSPS) is 13.3. The molecule has 0 aliphatic carbocycles. The molecule has 0 unspecified atom stereocenters. The molecule has 4 heteroatoms. The topological polar surface area (TPSA) is 41.6 Å². The molecule has 0 atom stereocenters. The lowest BCUT2D eigenvalue weighted by molar-refractivity contribution is 0.102. The Labute approximate surface area is 159 Å². The van der Waals surface area contributed by atoms with Gasteiger partial charge < -0.3 is 10.1 Å². The number of carbonyl (C=O) groups excluding carboxylic acids is 1. The number of nitrogens with one attached hydrogen (secondary N) is 1. The largest absolute Gasteiger partial charge is 0.457 e. The second-order valence-electron chi connectivity index (χ2n) is 7.05. The Morgan fingerprint density at radius 1 is 0.889 bits per heavy atom. The number of amides is 1. The molecule has 1 amide bonds. The van der Waals surface area contributed by atoms with Crippen LogP contribution < -0.4 is 10.1 Å². The van der Waals surface area contributed by atoms with Crippen molar-refractivity contribution in [2.24, 2.45) is 0 Å². The lowest BCUT2D eigenvalue weighted by atomic mass is 10.1. The molecule has 0 fully saturated rings. The molecule has 1 heterocycles. The molecule has 0 spiro atoms. The summed E-state index contributed by atoms with van der Waals surface area (Å²) in [7, 11) is 2.08. The number of ether oxygens (including phenoxy) is 1. The Morgan fingerprint density at radius 2 is 1.52 bits per heavy atom. The third kappa shape index (κ3) is 4.01. The fraction of sp³-hybridized carbons (Fsp3) is 0.174. The molecule has 1 aliphatic rings. The number of fused-ring (bicyclic) bond motifs is 1. The first-order chi connectivity index (χ1) is 13.1. The molecule has 1 N–H and O–H groups in total. The Hall–Kier alpha value is -3.11. The average molecular weight is 358 g/mol. The van der Waals surface area contributed by atoms with Gasteiger partial charge in [0.1, 0.15) is 11.5 Å². The third-order valence-electron chi connectivity index (χ3n) is 4.72. The van der Waals surface area contributed by atoms with E-state index in [2.05, 4.69) is 17.3 Å². The number of aryl methyl sites for hydroxylation is 1. The second kappa shape index (κ2) is 7.25. The number of carbonyl (C=O) groups is 1. The summed E-state index contributed by atoms with van der Waals surface area (Å²) in [6, 6.07) is 21.2. The molecule has 3 aromatic rings. The number of benzene rings is 3. The summed E-state index contributed by atoms with van der Waals surface area (Å²) in [6.45, 7) is 3.88. The minimum atomic E-state index is -0.0976. The number of rotatable bonds is 4. The molecule has 0 aromatic heterocycles. The highest BCUT2D eigenvalue weighted by Crippen LogP contribution is 2.25. The first-order valence-electron chi connectivity index (χ1n) is 9.03. The van der Waals surface area contributed by atoms with Gasteiger partial charge in [-0.25, -0.2) is 0 Å². The van der Waals surface area contributed by atoms with Crippen LogP contribution in [0.25, 0.3) is 0 Å². The summed E-state index contributed by atoms with van der Waals surface area (Å²) in [5.41, 5.74) is 5.15. The molecule has 1 aliphatic heterocycles. The van der Waals surface area contributed by atoms with Gasteiger partial charge in [0.25, 0.3) is 5.91 Å². The van der Waals surface area contributed by atoms with E-state index in [1.54, 1.807) is 0 Å². The molecular formula is C23H22N2O2. The maximum Gasteiger partial charge on any atom is 0.255 e. The van der Waals surface area contributed by atoms with Crippen molar-refractivity contribution in [3.63, 3.8) is 0 Å². The van der Waals surface area contributed by atoms with Crippen LogP contribution in [0.4, 0.5) is 5.69 Å². The number of hydrogen-bond donors (Lipinski definition) is 1. The zero-order valence-electron chi connectivity index (χ0n) is 15.5. The lowest BCUT2D eigenvalue weighted by Gasteiger charge is -2.09. The van der Waals surface area contributed by atoms with Gasteiger partial charge >= 0.3 is 0 Å². The van der Waals surface area contributed by atoms with Crippen LogP contribution in [0.15, 0.2) is 66.7 Å². The first-order valence-corrected chi connectivity index (χ1v) is 9.03. The number of nitrogens with zero attached hydrogens (tertiary/aromatic N) is 1. The van der Waals surface area contributed by atoms with Crippen LogP contribution in [0, 0.1) is 6.92 Å². The van der Waals surface area contributed by atoms with Gasteiger partial charge in [-0.2, -0.15) is 0 Å². The van der Waals surface area contributed by atoms with Gasteiger partial charge in [0.15, 0.2) is 0 Å². The average Bonchev–Trinajstić information content (AvgIpc) is 3.04. The number of anilines is 1. The Kier molecular flexibility index (Phi) is 4.65. The summed E-state index contributed by atoms with van der Waals surface area (Å²) in [4.78, 5) is 14.8. The van der Waals surface area contributed by atoms with Crippen LogP contribution in [0.2, 0.25) is 0 Å². The fourth-order valence-corrected chi connectivity index (χ4v) is 3.26. The van der Waals surface area contributed by atoms with E-state index in [9.17, 15) is 4.79 Å². The Morgan fingerprint density at radius 3 is 2.22 bits per heavy atom.